The van der Waals surface area contributed by atoms with E-state index in [2.05, 4.69) is 25.2 Å². The van der Waals surface area contributed by atoms with Gasteiger partial charge in [-0.05, 0) is 43.0 Å². The Hall–Kier alpha value is -1.31. The molecule has 2 nitrogen and oxygen atoms in total. The largest absolute Gasteiger partial charge is 0.384 e. The van der Waals surface area contributed by atoms with Crippen molar-refractivity contribution in [2.75, 3.05) is 11.9 Å². The van der Waals surface area contributed by atoms with Crippen molar-refractivity contribution in [2.45, 2.75) is 33.1 Å². The number of hydrogen-bond donors (Lipinski definition) is 1. The van der Waals surface area contributed by atoms with Crippen LogP contribution in [0.2, 0.25) is 0 Å². The summed E-state index contributed by atoms with van der Waals surface area (Å²) in [6.07, 6.45) is 2.91. The van der Waals surface area contributed by atoms with Crippen LogP contribution in [0, 0.1) is 5.92 Å². The molecular formula is C14H19NO. The summed E-state index contributed by atoms with van der Waals surface area (Å²) in [7, 11) is 0. The monoisotopic (exact) mass is 217 g/mol. The lowest BCUT2D eigenvalue weighted by Crippen LogP contribution is -2.13. The van der Waals surface area contributed by atoms with E-state index in [4.69, 9.17) is 0 Å². The Kier molecular flexibility index (Phi) is 3.28. The molecule has 1 aliphatic rings. The van der Waals surface area contributed by atoms with Crippen molar-refractivity contribution in [3.05, 3.63) is 29.3 Å². The number of nitrogens with one attached hydrogen (secondary N) is 1. The second-order valence-electron chi connectivity index (χ2n) is 4.43. The van der Waals surface area contributed by atoms with Crippen LogP contribution in [0.5, 0.6) is 0 Å². The number of carbonyl (C=O) groups is 1. The SMILES string of the molecule is CCC(CC)C(=O)c1ccc2c(c1)CCN2. The van der Waals surface area contributed by atoms with Crippen LogP contribution in [0.4, 0.5) is 5.69 Å². The molecular weight excluding hydrogens is 198 g/mol. The second-order valence-corrected chi connectivity index (χ2v) is 4.43. The fourth-order valence-electron chi connectivity index (χ4n) is 2.35. The Labute approximate surface area is 97.1 Å². The number of hydrogen-bond acceptors (Lipinski definition) is 2. The highest BCUT2D eigenvalue weighted by Gasteiger charge is 2.18. The molecule has 2 rings (SSSR count). The van der Waals surface area contributed by atoms with Crippen molar-refractivity contribution in [1.29, 1.82) is 0 Å². The minimum Gasteiger partial charge on any atom is -0.384 e. The smallest absolute Gasteiger partial charge is 0.165 e. The molecule has 0 unspecified atom stereocenters. The van der Waals surface area contributed by atoms with Gasteiger partial charge in [-0.1, -0.05) is 13.8 Å². The van der Waals surface area contributed by atoms with Crippen LogP contribution in [-0.2, 0) is 6.42 Å². The molecule has 0 radical (unpaired) electrons. The Balaban J connectivity index is 2.24. The first kappa shape index (κ1) is 11.2. The van der Waals surface area contributed by atoms with Crippen LogP contribution in [0.1, 0.15) is 42.6 Å². The van der Waals surface area contributed by atoms with Gasteiger partial charge in [0.05, 0.1) is 0 Å². The molecule has 0 spiro atoms. The van der Waals surface area contributed by atoms with E-state index in [1.165, 1.54) is 11.3 Å². The first-order valence-electron chi connectivity index (χ1n) is 6.17. The summed E-state index contributed by atoms with van der Waals surface area (Å²) in [5.41, 5.74) is 3.37. The standard InChI is InChI=1S/C14H19NO/c1-3-10(4-2)14(16)12-5-6-13-11(9-12)7-8-15-13/h5-6,9-10,15H,3-4,7-8H2,1-2H3. The van der Waals surface area contributed by atoms with Crippen LogP contribution in [-0.4, -0.2) is 12.3 Å². The maximum Gasteiger partial charge on any atom is 0.165 e. The fraction of sp³-hybridized carbons (Fsp3) is 0.500. The van der Waals surface area contributed by atoms with E-state index in [1.807, 2.05) is 12.1 Å². The van der Waals surface area contributed by atoms with Crippen molar-refractivity contribution < 1.29 is 4.79 Å². The number of carbonyl (C=O) groups excluding carboxylic acids is 1. The van der Waals surface area contributed by atoms with Crippen molar-refractivity contribution in [3.8, 4) is 0 Å². The summed E-state index contributed by atoms with van der Waals surface area (Å²) in [6, 6.07) is 6.06. The van der Waals surface area contributed by atoms with Gasteiger partial charge in [-0.3, -0.25) is 4.79 Å². The number of Topliss-reactive ketones (excluding diaryl/α,β-unsaturated/α-hetero) is 1. The van der Waals surface area contributed by atoms with E-state index in [0.29, 0.717) is 5.78 Å². The topological polar surface area (TPSA) is 29.1 Å². The summed E-state index contributed by atoms with van der Waals surface area (Å²) < 4.78 is 0. The molecule has 0 saturated heterocycles. The third kappa shape index (κ3) is 1.97. The highest BCUT2D eigenvalue weighted by molar-refractivity contribution is 5.98. The van der Waals surface area contributed by atoms with Gasteiger partial charge in [0, 0.05) is 23.7 Å². The average molecular weight is 217 g/mol. The fourth-order valence-corrected chi connectivity index (χ4v) is 2.35. The zero-order chi connectivity index (χ0) is 11.5. The molecule has 1 aromatic carbocycles. The first-order chi connectivity index (χ1) is 7.76. The maximum atomic E-state index is 12.2. The first-order valence-corrected chi connectivity index (χ1v) is 6.17. The maximum absolute atomic E-state index is 12.2. The van der Waals surface area contributed by atoms with Crippen LogP contribution in [0.25, 0.3) is 0 Å². The quantitative estimate of drug-likeness (QED) is 0.784. The van der Waals surface area contributed by atoms with Gasteiger partial charge in [0.1, 0.15) is 0 Å². The molecule has 0 aromatic heterocycles. The number of rotatable bonds is 4. The average Bonchev–Trinajstić information content (AvgIpc) is 2.77. The zero-order valence-electron chi connectivity index (χ0n) is 10.0. The van der Waals surface area contributed by atoms with Crippen LogP contribution < -0.4 is 5.32 Å². The molecule has 16 heavy (non-hydrogen) atoms. The van der Waals surface area contributed by atoms with Crippen molar-refractivity contribution in [1.82, 2.24) is 0 Å². The summed E-state index contributed by atoms with van der Waals surface area (Å²) in [5, 5.41) is 3.31. The molecule has 86 valence electrons. The highest BCUT2D eigenvalue weighted by Crippen LogP contribution is 2.25. The summed E-state index contributed by atoms with van der Waals surface area (Å²) in [4.78, 5) is 12.2. The van der Waals surface area contributed by atoms with Gasteiger partial charge in [-0.15, -0.1) is 0 Å². The molecule has 0 bridgehead atoms. The Bertz CT molecular complexity index is 394. The van der Waals surface area contributed by atoms with Crippen LogP contribution in [0.3, 0.4) is 0 Å². The van der Waals surface area contributed by atoms with Crippen molar-refractivity contribution in [3.63, 3.8) is 0 Å². The highest BCUT2D eigenvalue weighted by atomic mass is 16.1. The molecule has 1 aromatic rings. The van der Waals surface area contributed by atoms with E-state index in [9.17, 15) is 4.79 Å². The summed E-state index contributed by atoms with van der Waals surface area (Å²) in [5.74, 6) is 0.493. The summed E-state index contributed by atoms with van der Waals surface area (Å²) in [6.45, 7) is 5.17. The van der Waals surface area contributed by atoms with Gasteiger partial charge < -0.3 is 5.32 Å². The molecule has 1 heterocycles. The number of fused-ring (bicyclic) bond motifs is 1. The Morgan fingerprint density at radius 1 is 1.38 bits per heavy atom. The minimum atomic E-state index is 0.187. The number of anilines is 1. The van der Waals surface area contributed by atoms with E-state index >= 15 is 0 Å². The van der Waals surface area contributed by atoms with E-state index in [0.717, 1.165) is 31.4 Å². The molecule has 0 fully saturated rings. The number of benzene rings is 1. The van der Waals surface area contributed by atoms with Gasteiger partial charge >= 0.3 is 0 Å². The van der Waals surface area contributed by atoms with Crippen molar-refractivity contribution in [2.24, 2.45) is 5.92 Å². The van der Waals surface area contributed by atoms with Gasteiger partial charge in [-0.2, -0.15) is 0 Å². The molecule has 2 heteroatoms. The molecule has 0 aliphatic carbocycles. The van der Waals surface area contributed by atoms with E-state index < -0.39 is 0 Å². The lowest BCUT2D eigenvalue weighted by molar-refractivity contribution is 0.0913. The third-order valence-electron chi connectivity index (χ3n) is 3.46. The van der Waals surface area contributed by atoms with Crippen molar-refractivity contribution >= 4 is 11.5 Å². The van der Waals surface area contributed by atoms with Gasteiger partial charge in [0.25, 0.3) is 0 Å². The molecule has 1 aliphatic heterocycles. The Morgan fingerprint density at radius 3 is 2.81 bits per heavy atom. The normalized spacial score (nSPS) is 13.7. The lowest BCUT2D eigenvalue weighted by Gasteiger charge is -2.11. The third-order valence-corrected chi connectivity index (χ3v) is 3.46. The number of ketones is 1. The molecule has 0 saturated carbocycles. The summed E-state index contributed by atoms with van der Waals surface area (Å²) >= 11 is 0. The van der Waals surface area contributed by atoms with E-state index in [1.54, 1.807) is 0 Å². The predicted molar refractivity (Wildman–Crippen MR) is 67.0 cm³/mol. The zero-order valence-corrected chi connectivity index (χ0v) is 10.0. The molecule has 0 amide bonds. The predicted octanol–water partition coefficient (Wildman–Crippen LogP) is 3.27. The van der Waals surface area contributed by atoms with Crippen LogP contribution >= 0.6 is 0 Å². The lowest BCUT2D eigenvalue weighted by atomic mass is 9.92. The molecule has 0 atom stereocenters. The van der Waals surface area contributed by atoms with Gasteiger partial charge in [-0.25, -0.2) is 0 Å². The van der Waals surface area contributed by atoms with Crippen LogP contribution in [0.15, 0.2) is 18.2 Å². The Morgan fingerprint density at radius 2 is 2.12 bits per heavy atom. The second kappa shape index (κ2) is 4.69. The molecule has 1 N–H and O–H groups in total. The van der Waals surface area contributed by atoms with Gasteiger partial charge in [0.15, 0.2) is 5.78 Å². The van der Waals surface area contributed by atoms with E-state index in [-0.39, 0.29) is 5.92 Å². The minimum absolute atomic E-state index is 0.187. The van der Waals surface area contributed by atoms with Gasteiger partial charge in [0.2, 0.25) is 0 Å².